The molecule has 0 aliphatic carbocycles. The number of imide groups is 1. The molecule has 3 aromatic carbocycles. The van der Waals surface area contributed by atoms with Crippen molar-refractivity contribution in [1.82, 2.24) is 14.7 Å². The van der Waals surface area contributed by atoms with Crippen LogP contribution in [0.2, 0.25) is 0 Å². The van der Waals surface area contributed by atoms with E-state index in [0.717, 1.165) is 21.7 Å². The summed E-state index contributed by atoms with van der Waals surface area (Å²) in [4.78, 5) is 38.9. The monoisotopic (exact) mass is 586 g/mol. The second kappa shape index (κ2) is 13.5. The lowest BCUT2D eigenvalue weighted by atomic mass is 9.93. The molecule has 0 bridgehead atoms. The molecule has 2 heterocycles. The summed E-state index contributed by atoms with van der Waals surface area (Å²) >= 11 is 0. The van der Waals surface area contributed by atoms with E-state index in [4.69, 9.17) is 14.6 Å². The lowest BCUT2D eigenvalue weighted by Gasteiger charge is -2.27. The Morgan fingerprint density at radius 1 is 0.977 bits per heavy atom. The predicted molar refractivity (Wildman–Crippen MR) is 164 cm³/mol. The molecule has 0 saturated heterocycles. The van der Waals surface area contributed by atoms with Gasteiger partial charge in [-0.2, -0.15) is 10.4 Å². The van der Waals surface area contributed by atoms with Crippen LogP contribution in [0.5, 0.6) is 5.75 Å². The van der Waals surface area contributed by atoms with Crippen molar-refractivity contribution in [2.45, 2.75) is 26.9 Å². The van der Waals surface area contributed by atoms with Crippen molar-refractivity contribution in [2.24, 2.45) is 0 Å². The Kier molecular flexibility index (Phi) is 9.11. The highest BCUT2D eigenvalue weighted by Crippen LogP contribution is 2.32. The van der Waals surface area contributed by atoms with Crippen molar-refractivity contribution in [2.75, 3.05) is 13.2 Å². The molecule has 0 radical (unpaired) electrons. The molecule has 2 amide bonds. The highest BCUT2D eigenvalue weighted by atomic mass is 16.5. The largest absolute Gasteiger partial charge is 0.489 e. The Bertz CT molecular complexity index is 1800. The van der Waals surface area contributed by atoms with Gasteiger partial charge >= 0.3 is 5.97 Å². The Labute approximate surface area is 255 Å². The van der Waals surface area contributed by atoms with Gasteiger partial charge in [-0.1, -0.05) is 60.7 Å². The average Bonchev–Trinajstić information content (AvgIpc) is 3.47. The van der Waals surface area contributed by atoms with Crippen LogP contribution in [-0.2, 0) is 25.7 Å². The molecule has 4 aromatic rings. The summed E-state index contributed by atoms with van der Waals surface area (Å²) in [5.74, 6) is -1.00. The van der Waals surface area contributed by atoms with Crippen LogP contribution >= 0.6 is 0 Å². The molecule has 1 aliphatic heterocycles. The molecule has 0 fully saturated rings. The fourth-order valence-corrected chi connectivity index (χ4v) is 4.83. The second-order valence-electron chi connectivity index (χ2n) is 10.1. The zero-order valence-corrected chi connectivity index (χ0v) is 24.4. The van der Waals surface area contributed by atoms with E-state index in [2.05, 4.69) is 0 Å². The van der Waals surface area contributed by atoms with Crippen LogP contribution in [0, 0.1) is 11.3 Å². The van der Waals surface area contributed by atoms with Crippen LogP contribution in [0.4, 0.5) is 0 Å². The molecule has 1 aromatic heterocycles. The summed E-state index contributed by atoms with van der Waals surface area (Å²) in [5.41, 5.74) is 4.20. The van der Waals surface area contributed by atoms with E-state index in [1.54, 1.807) is 17.7 Å². The van der Waals surface area contributed by atoms with Gasteiger partial charge in [-0.3, -0.25) is 19.3 Å². The van der Waals surface area contributed by atoms with E-state index in [9.17, 15) is 19.6 Å². The fraction of sp³-hybridized carbons (Fsp3) is 0.171. The molecule has 5 rings (SSSR count). The standard InChI is InChI=1S/C35H30N4O5/c1-24-31(34(41)38(35(42)32(24)21-36)17-10-18-43-25(2)40)20-28-22-39(29-14-7-4-8-15-29)37-33(28)27-13-9-16-30(19-27)44-23-26-11-5-3-6-12-26/h3-9,11-16,19-20,22H,10,17-18,23H2,1-2H3/b31-20+. The molecule has 44 heavy (non-hydrogen) atoms. The average molecular weight is 587 g/mol. The van der Waals surface area contributed by atoms with Crippen molar-refractivity contribution in [3.8, 4) is 28.8 Å². The molecule has 9 heteroatoms. The second-order valence-corrected chi connectivity index (χ2v) is 10.1. The quantitative estimate of drug-likeness (QED) is 0.102. The van der Waals surface area contributed by atoms with Crippen LogP contribution in [0.25, 0.3) is 23.0 Å². The van der Waals surface area contributed by atoms with E-state index >= 15 is 0 Å². The molecule has 9 nitrogen and oxygen atoms in total. The number of nitrogens with zero attached hydrogens (tertiary/aromatic N) is 4. The minimum Gasteiger partial charge on any atom is -0.489 e. The van der Waals surface area contributed by atoms with Gasteiger partial charge in [-0.15, -0.1) is 0 Å². The van der Waals surface area contributed by atoms with Gasteiger partial charge in [-0.05, 0) is 54.8 Å². The maximum Gasteiger partial charge on any atom is 0.302 e. The summed E-state index contributed by atoms with van der Waals surface area (Å²) in [6.07, 6.45) is 3.72. The summed E-state index contributed by atoms with van der Waals surface area (Å²) < 4.78 is 12.7. The third kappa shape index (κ3) is 6.66. The van der Waals surface area contributed by atoms with Crippen LogP contribution in [0.15, 0.2) is 108 Å². The first kappa shape index (κ1) is 29.7. The highest BCUT2D eigenvalue weighted by Gasteiger charge is 2.35. The smallest absolute Gasteiger partial charge is 0.302 e. The number of esters is 1. The van der Waals surface area contributed by atoms with E-state index in [1.165, 1.54) is 6.92 Å². The number of rotatable bonds is 10. The number of hydrogen-bond acceptors (Lipinski definition) is 7. The molecule has 0 unspecified atom stereocenters. The lowest BCUT2D eigenvalue weighted by Crippen LogP contribution is -2.43. The van der Waals surface area contributed by atoms with Gasteiger partial charge in [-0.25, -0.2) is 4.68 Å². The third-order valence-corrected chi connectivity index (χ3v) is 7.08. The zero-order chi connectivity index (χ0) is 31.1. The zero-order valence-electron chi connectivity index (χ0n) is 24.4. The first-order valence-corrected chi connectivity index (χ1v) is 14.1. The van der Waals surface area contributed by atoms with Crippen LogP contribution in [0.3, 0.4) is 0 Å². The molecule has 0 saturated carbocycles. The number of aromatic nitrogens is 2. The first-order valence-electron chi connectivity index (χ1n) is 14.1. The molecular formula is C35H30N4O5. The summed E-state index contributed by atoms with van der Waals surface area (Å²) in [7, 11) is 0. The topological polar surface area (TPSA) is 115 Å². The molecule has 0 spiro atoms. The van der Waals surface area contributed by atoms with Crippen molar-refractivity contribution >= 4 is 23.9 Å². The summed E-state index contributed by atoms with van der Waals surface area (Å²) in [6, 6.07) is 28.9. The minimum absolute atomic E-state index is 0.00230. The Morgan fingerprint density at radius 2 is 1.70 bits per heavy atom. The van der Waals surface area contributed by atoms with Gasteiger partial charge < -0.3 is 9.47 Å². The lowest BCUT2D eigenvalue weighted by molar-refractivity contribution is -0.141. The predicted octanol–water partition coefficient (Wildman–Crippen LogP) is 5.66. The molecular weight excluding hydrogens is 556 g/mol. The fourth-order valence-electron chi connectivity index (χ4n) is 4.83. The molecule has 220 valence electrons. The number of carbonyl (C=O) groups excluding carboxylic acids is 3. The van der Waals surface area contributed by atoms with Crippen LogP contribution in [-0.4, -0.2) is 45.6 Å². The van der Waals surface area contributed by atoms with E-state index < -0.39 is 17.8 Å². The first-order chi connectivity index (χ1) is 21.4. The Hall–Kier alpha value is -5.75. The third-order valence-electron chi connectivity index (χ3n) is 7.08. The number of amides is 2. The van der Waals surface area contributed by atoms with Crippen molar-refractivity contribution in [3.63, 3.8) is 0 Å². The number of ether oxygens (including phenoxy) is 2. The number of para-hydroxylation sites is 1. The van der Waals surface area contributed by atoms with Crippen LogP contribution < -0.4 is 4.74 Å². The Balaban J connectivity index is 1.54. The van der Waals surface area contributed by atoms with Crippen molar-refractivity contribution in [3.05, 3.63) is 119 Å². The van der Waals surface area contributed by atoms with E-state index in [-0.39, 0.29) is 36.3 Å². The molecule has 0 atom stereocenters. The van der Waals surface area contributed by atoms with Crippen LogP contribution in [0.1, 0.15) is 31.4 Å². The Morgan fingerprint density at radius 3 is 2.41 bits per heavy atom. The maximum atomic E-state index is 13.7. The maximum absolute atomic E-state index is 13.7. The van der Waals surface area contributed by atoms with Gasteiger partial charge in [0.1, 0.15) is 29.7 Å². The number of carbonyl (C=O) groups is 3. The summed E-state index contributed by atoms with van der Waals surface area (Å²) in [6.45, 7) is 3.33. The van der Waals surface area contributed by atoms with Crippen molar-refractivity contribution in [1.29, 1.82) is 5.26 Å². The van der Waals surface area contributed by atoms with Gasteiger partial charge in [0.05, 0.1) is 12.3 Å². The summed E-state index contributed by atoms with van der Waals surface area (Å²) in [5, 5.41) is 14.7. The normalized spacial score (nSPS) is 14.1. The molecule has 1 aliphatic rings. The van der Waals surface area contributed by atoms with E-state index in [0.29, 0.717) is 23.6 Å². The van der Waals surface area contributed by atoms with Gasteiger partial charge in [0, 0.05) is 36.4 Å². The number of hydrogen-bond donors (Lipinski definition) is 0. The molecule has 0 N–H and O–H groups in total. The van der Waals surface area contributed by atoms with Gasteiger partial charge in [0.2, 0.25) is 0 Å². The van der Waals surface area contributed by atoms with Crippen molar-refractivity contribution < 1.29 is 23.9 Å². The minimum atomic E-state index is -0.668. The number of benzene rings is 3. The van der Waals surface area contributed by atoms with Gasteiger partial charge in [0.25, 0.3) is 11.8 Å². The highest BCUT2D eigenvalue weighted by molar-refractivity contribution is 6.19. The number of nitriles is 1. The SMILES string of the molecule is CC(=O)OCCCN1C(=O)C(C#N)=C(C)/C(=C\c2cn(-c3ccccc3)nc2-c2cccc(OCc3ccccc3)c2)C1=O. The van der Waals surface area contributed by atoms with E-state index in [1.807, 2.05) is 97.2 Å². The van der Waals surface area contributed by atoms with Gasteiger partial charge in [0.15, 0.2) is 0 Å².